The second-order valence-corrected chi connectivity index (χ2v) is 8.11. The van der Waals surface area contributed by atoms with Crippen LogP contribution in [-0.4, -0.2) is 33.7 Å². The predicted octanol–water partition coefficient (Wildman–Crippen LogP) is 2.14. The van der Waals surface area contributed by atoms with Crippen molar-refractivity contribution in [1.29, 1.82) is 0 Å². The van der Waals surface area contributed by atoms with Gasteiger partial charge in [-0.1, -0.05) is 0 Å². The Morgan fingerprint density at radius 1 is 1.27 bits per heavy atom. The summed E-state index contributed by atoms with van der Waals surface area (Å²) < 4.78 is 3.64. The summed E-state index contributed by atoms with van der Waals surface area (Å²) in [6.45, 7) is 1.39. The molecular weight excluding hydrogens is 398 g/mol. The number of fused-ring (bicyclic) bond motifs is 3. The molecule has 30 heavy (non-hydrogen) atoms. The molecule has 152 valence electrons. The third-order valence-electron chi connectivity index (χ3n) is 5.53. The SMILES string of the molecule is CNC(=O)c1ccc(-n2c(=O)c3c(n4ncc(Cc5ccsc5)c24)CNCC3)cc1. The van der Waals surface area contributed by atoms with E-state index in [0.717, 1.165) is 34.7 Å². The highest BCUT2D eigenvalue weighted by Gasteiger charge is 2.23. The molecule has 1 aromatic carbocycles. The second kappa shape index (κ2) is 7.55. The topological polar surface area (TPSA) is 80.4 Å². The number of amides is 1. The number of hydrogen-bond donors (Lipinski definition) is 2. The average Bonchev–Trinajstić information content (AvgIpc) is 3.45. The van der Waals surface area contributed by atoms with Gasteiger partial charge in [-0.2, -0.15) is 16.4 Å². The fraction of sp³-hybridized carbons (Fsp3) is 0.227. The van der Waals surface area contributed by atoms with Crippen LogP contribution in [-0.2, 0) is 19.4 Å². The van der Waals surface area contributed by atoms with Crippen molar-refractivity contribution in [2.24, 2.45) is 0 Å². The Labute approximate surface area is 177 Å². The molecule has 4 aromatic rings. The number of carbonyl (C=O) groups is 1. The number of benzene rings is 1. The van der Waals surface area contributed by atoms with Gasteiger partial charge >= 0.3 is 0 Å². The maximum Gasteiger partial charge on any atom is 0.261 e. The van der Waals surface area contributed by atoms with Gasteiger partial charge in [0.2, 0.25) is 0 Å². The van der Waals surface area contributed by atoms with Crippen LogP contribution in [0.4, 0.5) is 0 Å². The van der Waals surface area contributed by atoms with E-state index >= 15 is 0 Å². The first-order valence-corrected chi connectivity index (χ1v) is 10.8. The minimum Gasteiger partial charge on any atom is -0.355 e. The van der Waals surface area contributed by atoms with Crippen LogP contribution in [0.2, 0.25) is 0 Å². The van der Waals surface area contributed by atoms with E-state index in [0.29, 0.717) is 24.9 Å². The molecule has 0 saturated heterocycles. The van der Waals surface area contributed by atoms with Crippen LogP contribution in [0.3, 0.4) is 0 Å². The van der Waals surface area contributed by atoms with Crippen molar-refractivity contribution in [2.75, 3.05) is 13.6 Å². The molecule has 0 aliphatic carbocycles. The van der Waals surface area contributed by atoms with Crippen LogP contribution in [0.1, 0.15) is 32.7 Å². The Bertz CT molecular complexity index is 1290. The van der Waals surface area contributed by atoms with E-state index < -0.39 is 0 Å². The van der Waals surface area contributed by atoms with Gasteiger partial charge in [0.25, 0.3) is 11.5 Å². The van der Waals surface area contributed by atoms with Crippen LogP contribution < -0.4 is 16.2 Å². The Hall–Kier alpha value is -3.23. The monoisotopic (exact) mass is 419 g/mol. The van der Waals surface area contributed by atoms with Crippen LogP contribution >= 0.6 is 11.3 Å². The molecule has 0 saturated carbocycles. The first-order chi connectivity index (χ1) is 14.7. The van der Waals surface area contributed by atoms with Gasteiger partial charge in [0.05, 0.1) is 17.6 Å². The molecule has 8 heteroatoms. The van der Waals surface area contributed by atoms with Gasteiger partial charge in [0.15, 0.2) is 0 Å². The Kier molecular flexibility index (Phi) is 4.72. The molecule has 0 fully saturated rings. The fourth-order valence-corrected chi connectivity index (χ4v) is 4.70. The van der Waals surface area contributed by atoms with Gasteiger partial charge in [0, 0.05) is 36.7 Å². The summed E-state index contributed by atoms with van der Waals surface area (Å²) in [5.41, 5.74) is 5.96. The number of rotatable bonds is 4. The maximum absolute atomic E-state index is 13.6. The van der Waals surface area contributed by atoms with E-state index in [4.69, 9.17) is 0 Å². The molecule has 0 radical (unpaired) electrons. The van der Waals surface area contributed by atoms with Crippen LogP contribution in [0.25, 0.3) is 11.3 Å². The normalized spacial score (nSPS) is 13.4. The van der Waals surface area contributed by atoms with E-state index in [1.165, 1.54) is 5.56 Å². The smallest absolute Gasteiger partial charge is 0.261 e. The standard InChI is InChI=1S/C22H21N5O2S/c1-23-20(28)15-2-4-17(5-3-15)26-21-16(10-14-7-9-30-13-14)11-25-27(21)19-12-24-8-6-18(19)22(26)29/h2-5,7,9,11,13,24H,6,8,10,12H2,1H3,(H,23,28). The van der Waals surface area contributed by atoms with Crippen molar-refractivity contribution in [3.63, 3.8) is 0 Å². The van der Waals surface area contributed by atoms with Gasteiger partial charge in [-0.25, -0.2) is 4.52 Å². The molecule has 1 aliphatic rings. The summed E-state index contributed by atoms with van der Waals surface area (Å²) in [6, 6.07) is 9.22. The molecule has 0 unspecified atom stereocenters. The Morgan fingerprint density at radius 2 is 2.10 bits per heavy atom. The van der Waals surface area contributed by atoms with E-state index in [9.17, 15) is 9.59 Å². The molecule has 5 rings (SSSR count). The highest BCUT2D eigenvalue weighted by atomic mass is 32.1. The zero-order valence-electron chi connectivity index (χ0n) is 16.5. The van der Waals surface area contributed by atoms with Crippen molar-refractivity contribution in [3.8, 4) is 5.69 Å². The maximum atomic E-state index is 13.6. The van der Waals surface area contributed by atoms with Crippen LogP contribution in [0.5, 0.6) is 0 Å². The van der Waals surface area contributed by atoms with Crippen molar-refractivity contribution in [1.82, 2.24) is 24.8 Å². The molecule has 1 aliphatic heterocycles. The molecule has 0 atom stereocenters. The van der Waals surface area contributed by atoms with Gasteiger partial charge < -0.3 is 10.6 Å². The third kappa shape index (κ3) is 3.05. The van der Waals surface area contributed by atoms with Gasteiger partial charge in [0.1, 0.15) is 5.65 Å². The number of aromatic nitrogens is 3. The summed E-state index contributed by atoms with van der Waals surface area (Å²) in [5.74, 6) is -0.155. The molecule has 1 amide bonds. The van der Waals surface area contributed by atoms with Crippen molar-refractivity contribution >= 4 is 22.9 Å². The minimum atomic E-state index is -0.155. The van der Waals surface area contributed by atoms with Gasteiger partial charge in [-0.3, -0.25) is 14.2 Å². The fourth-order valence-electron chi connectivity index (χ4n) is 4.03. The summed E-state index contributed by atoms with van der Waals surface area (Å²) in [4.78, 5) is 25.5. The van der Waals surface area contributed by atoms with Gasteiger partial charge in [-0.05, 0) is 59.6 Å². The lowest BCUT2D eigenvalue weighted by molar-refractivity contribution is 0.0963. The lowest BCUT2D eigenvalue weighted by Crippen LogP contribution is -2.35. The predicted molar refractivity (Wildman–Crippen MR) is 117 cm³/mol. The summed E-state index contributed by atoms with van der Waals surface area (Å²) in [6.07, 6.45) is 3.23. The zero-order valence-corrected chi connectivity index (χ0v) is 17.3. The number of nitrogens with zero attached hydrogens (tertiary/aromatic N) is 3. The zero-order chi connectivity index (χ0) is 20.7. The van der Waals surface area contributed by atoms with Gasteiger partial charge in [-0.15, -0.1) is 0 Å². The molecular formula is C22H21N5O2S. The van der Waals surface area contributed by atoms with Crippen molar-refractivity contribution in [3.05, 3.63) is 85.6 Å². The third-order valence-corrected chi connectivity index (χ3v) is 6.26. The highest BCUT2D eigenvalue weighted by Crippen LogP contribution is 2.23. The number of carbonyl (C=O) groups excluding carboxylic acids is 1. The van der Waals surface area contributed by atoms with Crippen LogP contribution in [0, 0.1) is 0 Å². The highest BCUT2D eigenvalue weighted by molar-refractivity contribution is 7.07. The molecule has 4 heterocycles. The summed E-state index contributed by atoms with van der Waals surface area (Å²) in [7, 11) is 1.60. The van der Waals surface area contributed by atoms with E-state index in [1.807, 2.05) is 22.8 Å². The second-order valence-electron chi connectivity index (χ2n) is 7.33. The average molecular weight is 420 g/mol. The molecule has 2 N–H and O–H groups in total. The first kappa shape index (κ1) is 18.8. The van der Waals surface area contributed by atoms with Crippen LogP contribution in [0.15, 0.2) is 52.1 Å². The molecule has 3 aromatic heterocycles. The van der Waals surface area contributed by atoms with E-state index in [-0.39, 0.29) is 11.5 Å². The summed E-state index contributed by atoms with van der Waals surface area (Å²) >= 11 is 1.66. The molecule has 7 nitrogen and oxygen atoms in total. The first-order valence-electron chi connectivity index (χ1n) is 9.85. The number of nitrogens with one attached hydrogen (secondary N) is 2. The van der Waals surface area contributed by atoms with E-state index in [2.05, 4.69) is 32.6 Å². The summed E-state index contributed by atoms with van der Waals surface area (Å²) in [5, 5.41) is 14.8. The number of hydrogen-bond acceptors (Lipinski definition) is 5. The number of thiophene rings is 1. The van der Waals surface area contributed by atoms with Crippen molar-refractivity contribution in [2.45, 2.75) is 19.4 Å². The Morgan fingerprint density at radius 3 is 2.83 bits per heavy atom. The quantitative estimate of drug-likeness (QED) is 0.531. The van der Waals surface area contributed by atoms with E-state index in [1.54, 1.807) is 35.1 Å². The van der Waals surface area contributed by atoms with Crippen molar-refractivity contribution < 1.29 is 4.79 Å². The minimum absolute atomic E-state index is 0.0150. The largest absolute Gasteiger partial charge is 0.355 e. The Balaban J connectivity index is 1.75. The molecule has 0 spiro atoms. The molecule has 0 bridgehead atoms. The lowest BCUT2D eigenvalue weighted by atomic mass is 10.1. The lowest BCUT2D eigenvalue weighted by Gasteiger charge is -2.21.